The van der Waals surface area contributed by atoms with Crippen molar-refractivity contribution in [2.75, 3.05) is 13.7 Å². The molecule has 0 radical (unpaired) electrons. The number of carbonyl (C=O) groups excluding carboxylic acids is 1. The van der Waals surface area contributed by atoms with E-state index in [9.17, 15) is 4.79 Å². The molecule has 5 heteroatoms. The Labute approximate surface area is 131 Å². The molecule has 0 saturated heterocycles. The number of hydrogen-bond donors (Lipinski definition) is 0. The molecule has 0 aliphatic carbocycles. The number of thiophene rings is 1. The van der Waals surface area contributed by atoms with Gasteiger partial charge >= 0.3 is 0 Å². The van der Waals surface area contributed by atoms with E-state index in [0.717, 1.165) is 10.2 Å². The molecule has 1 aromatic carbocycles. The number of hydrogen-bond acceptors (Lipinski definition) is 3. The van der Waals surface area contributed by atoms with Gasteiger partial charge in [-0.1, -0.05) is 6.07 Å². The van der Waals surface area contributed by atoms with Crippen LogP contribution in [0.2, 0.25) is 0 Å². The van der Waals surface area contributed by atoms with E-state index in [0.29, 0.717) is 18.7 Å². The normalized spacial score (nSPS) is 10.3. The van der Waals surface area contributed by atoms with Crippen LogP contribution in [-0.4, -0.2) is 24.5 Å². The van der Waals surface area contributed by atoms with E-state index >= 15 is 0 Å². The number of rotatable bonds is 5. The highest BCUT2D eigenvalue weighted by Gasteiger charge is 2.16. The molecule has 0 aliphatic heterocycles. The fourth-order valence-corrected chi connectivity index (χ4v) is 3.16. The van der Waals surface area contributed by atoms with Crippen LogP contribution < -0.4 is 4.74 Å². The third-order valence-electron chi connectivity index (χ3n) is 2.99. The molecule has 1 heterocycles. The van der Waals surface area contributed by atoms with Gasteiger partial charge in [0, 0.05) is 17.0 Å². The molecule has 0 N–H and O–H groups in total. The Hall–Kier alpha value is -1.33. The molecule has 20 heavy (non-hydrogen) atoms. The topological polar surface area (TPSA) is 29.5 Å². The van der Waals surface area contributed by atoms with Crippen LogP contribution in [0.3, 0.4) is 0 Å². The lowest BCUT2D eigenvalue weighted by atomic mass is 10.2. The zero-order valence-corrected chi connectivity index (χ0v) is 13.8. The largest absolute Gasteiger partial charge is 0.496 e. The van der Waals surface area contributed by atoms with Gasteiger partial charge in [-0.05, 0) is 52.5 Å². The second-order valence-corrected chi connectivity index (χ2v) is 6.13. The van der Waals surface area contributed by atoms with Gasteiger partial charge in [0.1, 0.15) is 5.75 Å². The van der Waals surface area contributed by atoms with E-state index in [1.54, 1.807) is 36.6 Å². The van der Waals surface area contributed by atoms with Crippen molar-refractivity contribution in [1.29, 1.82) is 0 Å². The molecular formula is C15H16BrNO2S. The lowest BCUT2D eigenvalue weighted by molar-refractivity contribution is 0.0754. The van der Waals surface area contributed by atoms with Gasteiger partial charge < -0.3 is 9.64 Å². The second kappa shape index (κ2) is 6.90. The summed E-state index contributed by atoms with van der Waals surface area (Å²) in [7, 11) is 1.61. The molecule has 3 nitrogen and oxygen atoms in total. The van der Waals surface area contributed by atoms with E-state index in [2.05, 4.69) is 15.9 Å². The summed E-state index contributed by atoms with van der Waals surface area (Å²) in [6, 6.07) is 9.45. The number of amides is 1. The van der Waals surface area contributed by atoms with Gasteiger partial charge in [0.25, 0.3) is 5.91 Å². The molecule has 106 valence electrons. The number of methoxy groups -OCH3 is 1. The predicted octanol–water partition coefficient (Wildman–Crippen LogP) is 4.18. The standard InChI is InChI=1S/C15H16BrNO2S/c1-3-17(10-12-5-4-8-20-12)15(18)11-6-7-14(19-2)13(16)9-11/h4-9H,3,10H2,1-2H3. The highest BCUT2D eigenvalue weighted by molar-refractivity contribution is 9.10. The van der Waals surface area contributed by atoms with Crippen LogP contribution in [-0.2, 0) is 6.54 Å². The summed E-state index contributed by atoms with van der Waals surface area (Å²) in [6.45, 7) is 3.32. The average molecular weight is 354 g/mol. The van der Waals surface area contributed by atoms with Crippen LogP contribution in [0, 0.1) is 0 Å². The van der Waals surface area contributed by atoms with Crippen molar-refractivity contribution in [3.8, 4) is 5.75 Å². The van der Waals surface area contributed by atoms with E-state index in [4.69, 9.17) is 4.74 Å². The number of halogens is 1. The van der Waals surface area contributed by atoms with Gasteiger partial charge in [0.05, 0.1) is 18.1 Å². The quantitative estimate of drug-likeness (QED) is 0.806. The summed E-state index contributed by atoms with van der Waals surface area (Å²) < 4.78 is 5.97. The smallest absolute Gasteiger partial charge is 0.254 e. The Morgan fingerprint density at radius 3 is 2.75 bits per heavy atom. The van der Waals surface area contributed by atoms with Crippen LogP contribution in [0.1, 0.15) is 22.2 Å². The van der Waals surface area contributed by atoms with Crippen LogP contribution in [0.5, 0.6) is 5.75 Å². The van der Waals surface area contributed by atoms with Crippen LogP contribution in [0.25, 0.3) is 0 Å². The molecule has 0 spiro atoms. The van der Waals surface area contributed by atoms with Gasteiger partial charge in [0.15, 0.2) is 0 Å². The van der Waals surface area contributed by atoms with Crippen molar-refractivity contribution in [3.05, 3.63) is 50.6 Å². The van der Waals surface area contributed by atoms with E-state index in [-0.39, 0.29) is 5.91 Å². The highest BCUT2D eigenvalue weighted by atomic mass is 79.9. The molecule has 1 aromatic heterocycles. The van der Waals surface area contributed by atoms with Crippen LogP contribution in [0.4, 0.5) is 0 Å². The first kappa shape index (κ1) is 15.1. The lowest BCUT2D eigenvalue weighted by Gasteiger charge is -2.20. The number of carbonyl (C=O) groups is 1. The first-order chi connectivity index (χ1) is 9.65. The fourth-order valence-electron chi connectivity index (χ4n) is 1.90. The summed E-state index contributed by atoms with van der Waals surface area (Å²) in [5.41, 5.74) is 0.663. The average Bonchev–Trinajstić information content (AvgIpc) is 2.97. The minimum absolute atomic E-state index is 0.0317. The number of nitrogens with zero attached hydrogens (tertiary/aromatic N) is 1. The fraction of sp³-hybridized carbons (Fsp3) is 0.267. The zero-order valence-electron chi connectivity index (χ0n) is 11.4. The maximum atomic E-state index is 12.5. The number of ether oxygens (including phenoxy) is 1. The molecule has 0 fully saturated rings. The van der Waals surface area contributed by atoms with Crippen LogP contribution in [0.15, 0.2) is 40.2 Å². The van der Waals surface area contributed by atoms with Gasteiger partial charge in [-0.3, -0.25) is 4.79 Å². The Morgan fingerprint density at radius 2 is 2.20 bits per heavy atom. The summed E-state index contributed by atoms with van der Waals surface area (Å²) in [5, 5.41) is 2.03. The highest BCUT2D eigenvalue weighted by Crippen LogP contribution is 2.26. The van der Waals surface area contributed by atoms with Crippen molar-refractivity contribution >= 4 is 33.2 Å². The maximum absolute atomic E-state index is 12.5. The molecule has 0 bridgehead atoms. The molecule has 1 amide bonds. The van der Waals surface area contributed by atoms with Gasteiger partial charge in [-0.25, -0.2) is 0 Å². The monoisotopic (exact) mass is 353 g/mol. The molecule has 0 saturated carbocycles. The van der Waals surface area contributed by atoms with Gasteiger partial charge in [0.2, 0.25) is 0 Å². The van der Waals surface area contributed by atoms with Crippen molar-refractivity contribution in [1.82, 2.24) is 4.90 Å². The lowest BCUT2D eigenvalue weighted by Crippen LogP contribution is -2.29. The van der Waals surface area contributed by atoms with Crippen molar-refractivity contribution in [2.24, 2.45) is 0 Å². The molecule has 2 rings (SSSR count). The Kier molecular flexibility index (Phi) is 5.20. The van der Waals surface area contributed by atoms with E-state index in [1.807, 2.05) is 29.3 Å². The Morgan fingerprint density at radius 1 is 1.40 bits per heavy atom. The minimum Gasteiger partial charge on any atom is -0.496 e. The predicted molar refractivity (Wildman–Crippen MR) is 85.4 cm³/mol. The summed E-state index contributed by atoms with van der Waals surface area (Å²) in [5.74, 6) is 0.757. The summed E-state index contributed by atoms with van der Waals surface area (Å²) >= 11 is 5.08. The van der Waals surface area contributed by atoms with Gasteiger partial charge in [-0.2, -0.15) is 0 Å². The van der Waals surface area contributed by atoms with Crippen molar-refractivity contribution in [2.45, 2.75) is 13.5 Å². The number of benzene rings is 1. The van der Waals surface area contributed by atoms with E-state index < -0.39 is 0 Å². The molecule has 0 atom stereocenters. The SMILES string of the molecule is CCN(Cc1cccs1)C(=O)c1ccc(OC)c(Br)c1. The van der Waals surface area contributed by atoms with Crippen molar-refractivity contribution in [3.63, 3.8) is 0 Å². The Balaban J connectivity index is 2.17. The minimum atomic E-state index is 0.0317. The first-order valence-corrected chi connectivity index (χ1v) is 7.98. The third-order valence-corrected chi connectivity index (χ3v) is 4.48. The van der Waals surface area contributed by atoms with E-state index in [1.165, 1.54) is 4.88 Å². The summed E-state index contributed by atoms with van der Waals surface area (Å²) in [6.07, 6.45) is 0. The Bertz CT molecular complexity index is 584. The maximum Gasteiger partial charge on any atom is 0.254 e. The van der Waals surface area contributed by atoms with Crippen molar-refractivity contribution < 1.29 is 9.53 Å². The molecule has 0 unspecified atom stereocenters. The van der Waals surface area contributed by atoms with Crippen LogP contribution >= 0.6 is 27.3 Å². The zero-order chi connectivity index (χ0) is 14.5. The molecule has 2 aromatic rings. The summed E-state index contributed by atoms with van der Waals surface area (Å²) in [4.78, 5) is 15.5. The first-order valence-electron chi connectivity index (χ1n) is 6.31. The molecular weight excluding hydrogens is 338 g/mol. The third kappa shape index (κ3) is 3.41. The molecule has 0 aliphatic rings. The second-order valence-electron chi connectivity index (χ2n) is 4.25. The van der Waals surface area contributed by atoms with Gasteiger partial charge in [-0.15, -0.1) is 11.3 Å².